The van der Waals surface area contributed by atoms with Crippen LogP contribution in [-0.4, -0.2) is 35.7 Å². The van der Waals surface area contributed by atoms with Crippen molar-refractivity contribution >= 4 is 28.1 Å². The topological polar surface area (TPSA) is 74.7 Å². The molecule has 0 fully saturated rings. The largest absolute Gasteiger partial charge is 0.508 e. The highest BCUT2D eigenvalue weighted by atomic mass is 32.1. The standard InChI is InChI=1S/C17H19N3O3S/c1-17(2)8-11-14(15(22)18-9-17)24-16(19-11)20-5-6-23-13-4-3-10(21)7-12(13)20/h3-4,7,21H,5-6,8-9H2,1-2H3,(H,18,22). The molecule has 1 amide bonds. The average Bonchev–Trinajstić information content (AvgIpc) is 2.90. The van der Waals surface area contributed by atoms with E-state index in [1.807, 2.05) is 4.90 Å². The number of nitrogens with zero attached hydrogens (tertiary/aromatic N) is 2. The minimum Gasteiger partial charge on any atom is -0.508 e. The number of nitrogens with one attached hydrogen (secondary N) is 1. The molecule has 2 N–H and O–H groups in total. The Labute approximate surface area is 144 Å². The molecule has 1 aromatic heterocycles. The highest BCUT2D eigenvalue weighted by Crippen LogP contribution is 2.42. The van der Waals surface area contributed by atoms with Crippen LogP contribution in [0.15, 0.2) is 18.2 Å². The van der Waals surface area contributed by atoms with Gasteiger partial charge in [0.15, 0.2) is 5.13 Å². The predicted octanol–water partition coefficient (Wildman–Crippen LogP) is 2.69. The van der Waals surface area contributed by atoms with E-state index in [0.717, 1.165) is 22.9 Å². The summed E-state index contributed by atoms with van der Waals surface area (Å²) in [5, 5.41) is 13.6. The summed E-state index contributed by atoms with van der Waals surface area (Å²) in [6, 6.07) is 5.03. The van der Waals surface area contributed by atoms with Crippen LogP contribution in [-0.2, 0) is 6.42 Å². The van der Waals surface area contributed by atoms with Crippen LogP contribution in [0.4, 0.5) is 10.8 Å². The first kappa shape index (κ1) is 15.3. The number of ether oxygens (including phenoxy) is 1. The number of aromatic hydroxyl groups is 1. The van der Waals surface area contributed by atoms with Crippen molar-refractivity contribution in [1.82, 2.24) is 10.3 Å². The zero-order valence-corrected chi connectivity index (χ0v) is 14.4. The van der Waals surface area contributed by atoms with Crippen molar-refractivity contribution in [3.8, 4) is 11.5 Å². The molecule has 0 atom stereocenters. The van der Waals surface area contributed by atoms with E-state index in [4.69, 9.17) is 9.72 Å². The summed E-state index contributed by atoms with van der Waals surface area (Å²) in [6.07, 6.45) is 0.759. The first-order valence-electron chi connectivity index (χ1n) is 7.94. The number of phenolic OH excluding ortho intramolecular Hbond substituents is 1. The number of hydrogen-bond acceptors (Lipinski definition) is 6. The van der Waals surface area contributed by atoms with Gasteiger partial charge in [0.05, 0.1) is 17.9 Å². The van der Waals surface area contributed by atoms with Crippen molar-refractivity contribution in [2.75, 3.05) is 24.6 Å². The van der Waals surface area contributed by atoms with Gasteiger partial charge in [-0.1, -0.05) is 25.2 Å². The first-order valence-corrected chi connectivity index (χ1v) is 8.76. The van der Waals surface area contributed by atoms with Gasteiger partial charge in [0, 0.05) is 12.6 Å². The lowest BCUT2D eigenvalue weighted by Gasteiger charge is -2.29. The van der Waals surface area contributed by atoms with Gasteiger partial charge in [0.2, 0.25) is 0 Å². The van der Waals surface area contributed by atoms with Crippen LogP contribution in [0.2, 0.25) is 0 Å². The van der Waals surface area contributed by atoms with E-state index >= 15 is 0 Å². The van der Waals surface area contributed by atoms with Crippen LogP contribution >= 0.6 is 11.3 Å². The summed E-state index contributed by atoms with van der Waals surface area (Å²) in [7, 11) is 0. The van der Waals surface area contributed by atoms with Crippen molar-refractivity contribution in [1.29, 1.82) is 0 Å². The fourth-order valence-corrected chi connectivity index (χ4v) is 4.11. The zero-order valence-electron chi connectivity index (χ0n) is 13.6. The number of rotatable bonds is 1. The Morgan fingerprint density at radius 2 is 2.25 bits per heavy atom. The molecule has 2 aliphatic heterocycles. The first-order chi connectivity index (χ1) is 11.4. The van der Waals surface area contributed by atoms with Crippen molar-refractivity contribution in [3.05, 3.63) is 28.8 Å². The van der Waals surface area contributed by atoms with E-state index in [1.54, 1.807) is 18.2 Å². The molecule has 0 aliphatic carbocycles. The lowest BCUT2D eigenvalue weighted by molar-refractivity contribution is 0.0948. The molecule has 0 unspecified atom stereocenters. The summed E-state index contributed by atoms with van der Waals surface area (Å²) in [6.45, 7) is 6.08. The monoisotopic (exact) mass is 345 g/mol. The molecule has 3 heterocycles. The normalized spacial score (nSPS) is 18.9. The van der Waals surface area contributed by atoms with Crippen molar-refractivity contribution < 1.29 is 14.6 Å². The van der Waals surface area contributed by atoms with E-state index in [1.165, 1.54) is 11.3 Å². The SMILES string of the molecule is CC1(C)CNC(=O)c2sc(N3CCOc4ccc(O)cc43)nc2C1. The molecule has 126 valence electrons. The van der Waals surface area contributed by atoms with Gasteiger partial charge in [-0.3, -0.25) is 4.79 Å². The van der Waals surface area contributed by atoms with Crippen LogP contribution in [0.5, 0.6) is 11.5 Å². The Kier molecular flexibility index (Phi) is 3.42. The lowest BCUT2D eigenvalue weighted by atomic mass is 9.88. The molecule has 7 heteroatoms. The Bertz CT molecular complexity index is 815. The van der Waals surface area contributed by atoms with Crippen molar-refractivity contribution in [2.45, 2.75) is 20.3 Å². The van der Waals surface area contributed by atoms with Crippen molar-refractivity contribution in [2.24, 2.45) is 5.41 Å². The van der Waals surface area contributed by atoms with E-state index in [9.17, 15) is 9.90 Å². The number of carbonyl (C=O) groups excluding carboxylic acids is 1. The number of benzene rings is 1. The van der Waals surface area contributed by atoms with E-state index in [2.05, 4.69) is 19.2 Å². The highest BCUT2D eigenvalue weighted by molar-refractivity contribution is 7.17. The predicted molar refractivity (Wildman–Crippen MR) is 92.5 cm³/mol. The number of aromatic nitrogens is 1. The summed E-state index contributed by atoms with van der Waals surface area (Å²) >= 11 is 1.40. The molecular formula is C17H19N3O3S. The number of anilines is 2. The minimum absolute atomic E-state index is 0.0204. The number of amides is 1. The highest BCUT2D eigenvalue weighted by Gasteiger charge is 2.32. The number of fused-ring (bicyclic) bond motifs is 2. The maximum absolute atomic E-state index is 12.4. The second kappa shape index (κ2) is 5.37. The van der Waals surface area contributed by atoms with Gasteiger partial charge < -0.3 is 20.1 Å². The molecule has 4 rings (SSSR count). The van der Waals surface area contributed by atoms with Crippen molar-refractivity contribution in [3.63, 3.8) is 0 Å². The number of thiazole rings is 1. The average molecular weight is 345 g/mol. The lowest BCUT2D eigenvalue weighted by Crippen LogP contribution is -2.32. The van der Waals surface area contributed by atoms with E-state index in [0.29, 0.717) is 30.3 Å². The fraction of sp³-hybridized carbons (Fsp3) is 0.412. The molecule has 2 aromatic rings. The van der Waals surface area contributed by atoms with Crippen LogP contribution in [0, 0.1) is 5.41 Å². The zero-order chi connectivity index (χ0) is 16.9. The quantitative estimate of drug-likeness (QED) is 0.831. The molecular weight excluding hydrogens is 326 g/mol. The molecule has 1 aromatic carbocycles. The summed E-state index contributed by atoms with van der Waals surface area (Å²) in [5.41, 5.74) is 1.61. The second-order valence-electron chi connectivity index (χ2n) is 6.95. The van der Waals surface area contributed by atoms with Gasteiger partial charge in [-0.25, -0.2) is 4.98 Å². The third-order valence-corrected chi connectivity index (χ3v) is 5.42. The Morgan fingerprint density at radius 3 is 3.08 bits per heavy atom. The van der Waals surface area contributed by atoms with Gasteiger partial charge in [0.25, 0.3) is 5.91 Å². The fourth-order valence-electron chi connectivity index (χ4n) is 3.07. The number of hydrogen-bond donors (Lipinski definition) is 2. The van der Waals surface area contributed by atoms with Crippen LogP contribution < -0.4 is 15.0 Å². The van der Waals surface area contributed by atoms with Crippen LogP contribution in [0.3, 0.4) is 0 Å². The minimum atomic E-state index is -0.0521. The molecule has 0 saturated heterocycles. The maximum Gasteiger partial charge on any atom is 0.263 e. The smallest absolute Gasteiger partial charge is 0.263 e. The van der Waals surface area contributed by atoms with Gasteiger partial charge >= 0.3 is 0 Å². The second-order valence-corrected chi connectivity index (χ2v) is 7.93. The summed E-state index contributed by atoms with van der Waals surface area (Å²) in [4.78, 5) is 19.8. The van der Waals surface area contributed by atoms with Gasteiger partial charge in [-0.15, -0.1) is 0 Å². The maximum atomic E-state index is 12.4. The van der Waals surface area contributed by atoms with Crippen LogP contribution in [0.25, 0.3) is 0 Å². The molecule has 24 heavy (non-hydrogen) atoms. The third-order valence-electron chi connectivity index (χ3n) is 4.30. The Balaban J connectivity index is 1.76. The molecule has 6 nitrogen and oxygen atoms in total. The van der Waals surface area contributed by atoms with Gasteiger partial charge in [-0.2, -0.15) is 0 Å². The molecule has 0 saturated carbocycles. The Hall–Kier alpha value is -2.28. The van der Waals surface area contributed by atoms with Gasteiger partial charge in [-0.05, 0) is 24.0 Å². The molecule has 0 bridgehead atoms. The Morgan fingerprint density at radius 1 is 1.42 bits per heavy atom. The molecule has 2 aliphatic rings. The van der Waals surface area contributed by atoms with Gasteiger partial charge in [0.1, 0.15) is 23.0 Å². The van der Waals surface area contributed by atoms with E-state index < -0.39 is 0 Å². The third kappa shape index (κ3) is 2.58. The number of carbonyl (C=O) groups is 1. The van der Waals surface area contributed by atoms with E-state index in [-0.39, 0.29) is 17.1 Å². The molecule has 0 spiro atoms. The molecule has 0 radical (unpaired) electrons. The summed E-state index contributed by atoms with van der Waals surface area (Å²) in [5.74, 6) is 0.846. The number of phenols is 1. The van der Waals surface area contributed by atoms with Crippen LogP contribution in [0.1, 0.15) is 29.2 Å². The summed E-state index contributed by atoms with van der Waals surface area (Å²) < 4.78 is 5.65.